The molecule has 6 heteroatoms. The molecule has 0 fully saturated rings. The van der Waals surface area contributed by atoms with Crippen LogP contribution in [0.25, 0.3) is 0 Å². The molecule has 0 spiro atoms. The summed E-state index contributed by atoms with van der Waals surface area (Å²) in [4.78, 5) is 23.2. The molecular formula is C17H23ClO5. The van der Waals surface area contributed by atoms with Crippen molar-refractivity contribution < 1.29 is 23.8 Å². The lowest BCUT2D eigenvalue weighted by Gasteiger charge is -2.13. The third-order valence-electron chi connectivity index (χ3n) is 3.35. The van der Waals surface area contributed by atoms with Gasteiger partial charge >= 0.3 is 5.97 Å². The normalized spacial score (nSPS) is 11.7. The Morgan fingerprint density at radius 3 is 2.57 bits per heavy atom. The first-order valence-electron chi connectivity index (χ1n) is 7.63. The van der Waals surface area contributed by atoms with E-state index in [2.05, 4.69) is 0 Å². The summed E-state index contributed by atoms with van der Waals surface area (Å²) in [5.74, 6) is -0.0386. The van der Waals surface area contributed by atoms with E-state index in [-0.39, 0.29) is 12.4 Å². The molecule has 0 aliphatic rings. The molecule has 0 aromatic heterocycles. The van der Waals surface area contributed by atoms with Gasteiger partial charge in [-0.3, -0.25) is 9.59 Å². The van der Waals surface area contributed by atoms with Crippen molar-refractivity contribution in [2.45, 2.75) is 33.1 Å². The van der Waals surface area contributed by atoms with E-state index in [4.69, 9.17) is 25.8 Å². The van der Waals surface area contributed by atoms with E-state index < -0.39 is 11.9 Å². The molecule has 0 aliphatic heterocycles. The van der Waals surface area contributed by atoms with Crippen LogP contribution in [0.5, 0.6) is 11.5 Å². The van der Waals surface area contributed by atoms with Gasteiger partial charge in [-0.25, -0.2) is 0 Å². The number of halogens is 1. The highest BCUT2D eigenvalue weighted by atomic mass is 35.5. The first kappa shape index (κ1) is 19.3. The van der Waals surface area contributed by atoms with Gasteiger partial charge in [-0.05, 0) is 45.2 Å². The number of Topliss-reactive ketones (excluding diaryl/α,β-unsaturated/α-hetero) is 1. The molecule has 1 atom stereocenters. The average Bonchev–Trinajstić information content (AvgIpc) is 2.51. The van der Waals surface area contributed by atoms with Gasteiger partial charge in [0.15, 0.2) is 0 Å². The van der Waals surface area contributed by atoms with Gasteiger partial charge in [0.1, 0.15) is 23.2 Å². The van der Waals surface area contributed by atoms with Crippen LogP contribution >= 0.6 is 11.6 Å². The van der Waals surface area contributed by atoms with Crippen LogP contribution < -0.4 is 9.47 Å². The van der Waals surface area contributed by atoms with Gasteiger partial charge in [0.25, 0.3) is 0 Å². The van der Waals surface area contributed by atoms with Gasteiger partial charge in [0.05, 0.1) is 25.3 Å². The van der Waals surface area contributed by atoms with E-state index in [1.165, 1.54) is 6.92 Å². The molecule has 0 saturated carbocycles. The summed E-state index contributed by atoms with van der Waals surface area (Å²) in [6.45, 7) is 3.87. The third-order valence-corrected chi connectivity index (χ3v) is 3.64. The number of unbranched alkanes of at least 4 members (excludes halogenated alkanes) is 1. The van der Waals surface area contributed by atoms with Crippen LogP contribution in [0.2, 0.25) is 5.02 Å². The first-order valence-corrected chi connectivity index (χ1v) is 8.00. The van der Waals surface area contributed by atoms with E-state index in [0.29, 0.717) is 42.4 Å². The number of carbonyl (C=O) groups is 2. The summed E-state index contributed by atoms with van der Waals surface area (Å²) in [6, 6.07) is 5.20. The Balaban J connectivity index is 2.36. The quantitative estimate of drug-likeness (QED) is 0.369. The smallest absolute Gasteiger partial charge is 0.316 e. The molecule has 1 rings (SSSR count). The van der Waals surface area contributed by atoms with Crippen molar-refractivity contribution in [3.8, 4) is 11.5 Å². The number of methoxy groups -OCH3 is 1. The summed E-state index contributed by atoms with van der Waals surface area (Å²) in [5, 5.41) is 0.484. The van der Waals surface area contributed by atoms with Gasteiger partial charge in [-0.2, -0.15) is 0 Å². The standard InChI is InChI=1S/C17H23ClO5/c1-4-22-17(20)14(12(2)19)7-5-6-10-23-16-9-8-13(21-3)11-15(16)18/h8-9,11,14H,4-7,10H2,1-3H3. The molecule has 1 aromatic carbocycles. The van der Waals surface area contributed by atoms with Crippen molar-refractivity contribution >= 4 is 23.4 Å². The molecule has 0 amide bonds. The summed E-state index contributed by atoms with van der Waals surface area (Å²) < 4.78 is 15.6. The molecule has 0 bridgehead atoms. The van der Waals surface area contributed by atoms with Crippen molar-refractivity contribution in [2.75, 3.05) is 20.3 Å². The van der Waals surface area contributed by atoms with Crippen LogP contribution in [-0.2, 0) is 14.3 Å². The van der Waals surface area contributed by atoms with Gasteiger partial charge in [0, 0.05) is 6.07 Å². The fraction of sp³-hybridized carbons (Fsp3) is 0.529. The minimum Gasteiger partial charge on any atom is -0.497 e. The highest BCUT2D eigenvalue weighted by Crippen LogP contribution is 2.28. The van der Waals surface area contributed by atoms with Gasteiger partial charge in [0.2, 0.25) is 0 Å². The SMILES string of the molecule is CCOC(=O)C(CCCCOc1ccc(OC)cc1Cl)C(C)=O. The highest BCUT2D eigenvalue weighted by molar-refractivity contribution is 6.32. The number of hydrogen-bond donors (Lipinski definition) is 0. The molecule has 0 heterocycles. The first-order chi connectivity index (χ1) is 11.0. The Hall–Kier alpha value is -1.75. The maximum absolute atomic E-state index is 11.7. The summed E-state index contributed by atoms with van der Waals surface area (Å²) >= 11 is 6.08. The van der Waals surface area contributed by atoms with Gasteiger partial charge < -0.3 is 14.2 Å². The van der Waals surface area contributed by atoms with Crippen LogP contribution in [0.4, 0.5) is 0 Å². The monoisotopic (exact) mass is 342 g/mol. The zero-order chi connectivity index (χ0) is 17.2. The zero-order valence-corrected chi connectivity index (χ0v) is 14.5. The highest BCUT2D eigenvalue weighted by Gasteiger charge is 2.23. The lowest BCUT2D eigenvalue weighted by atomic mass is 9.98. The number of hydrogen-bond acceptors (Lipinski definition) is 5. The lowest BCUT2D eigenvalue weighted by molar-refractivity contribution is -0.151. The zero-order valence-electron chi connectivity index (χ0n) is 13.8. The van der Waals surface area contributed by atoms with E-state index in [0.717, 1.165) is 0 Å². The maximum atomic E-state index is 11.7. The minimum absolute atomic E-state index is 0.164. The van der Waals surface area contributed by atoms with Crippen LogP contribution in [0.1, 0.15) is 33.1 Å². The van der Waals surface area contributed by atoms with E-state index in [9.17, 15) is 9.59 Å². The van der Waals surface area contributed by atoms with E-state index >= 15 is 0 Å². The topological polar surface area (TPSA) is 61.8 Å². The number of ether oxygens (including phenoxy) is 3. The molecule has 0 radical (unpaired) electrons. The van der Waals surface area contributed by atoms with Crippen molar-refractivity contribution in [1.82, 2.24) is 0 Å². The molecule has 0 saturated heterocycles. The lowest BCUT2D eigenvalue weighted by Crippen LogP contribution is -2.24. The second-order valence-electron chi connectivity index (χ2n) is 5.06. The predicted molar refractivity (Wildman–Crippen MR) is 88.2 cm³/mol. The van der Waals surface area contributed by atoms with Crippen LogP contribution in [-0.4, -0.2) is 32.1 Å². The molecule has 5 nitrogen and oxygen atoms in total. The van der Waals surface area contributed by atoms with E-state index in [1.807, 2.05) is 0 Å². The number of carbonyl (C=O) groups excluding carboxylic acids is 2. The molecule has 1 aromatic rings. The van der Waals surface area contributed by atoms with Gasteiger partial charge in [-0.1, -0.05) is 11.6 Å². The Morgan fingerprint density at radius 2 is 2.00 bits per heavy atom. The fourth-order valence-corrected chi connectivity index (χ4v) is 2.31. The Kier molecular flexibility index (Phi) is 8.48. The molecule has 23 heavy (non-hydrogen) atoms. The molecule has 1 unspecified atom stereocenters. The Morgan fingerprint density at radius 1 is 1.26 bits per heavy atom. The van der Waals surface area contributed by atoms with Crippen molar-refractivity contribution in [1.29, 1.82) is 0 Å². The third kappa shape index (κ3) is 6.48. The molecule has 0 aliphatic carbocycles. The second-order valence-corrected chi connectivity index (χ2v) is 5.46. The predicted octanol–water partition coefficient (Wildman–Crippen LogP) is 3.67. The number of esters is 1. The molecule has 128 valence electrons. The largest absolute Gasteiger partial charge is 0.497 e. The maximum Gasteiger partial charge on any atom is 0.316 e. The van der Waals surface area contributed by atoms with Crippen molar-refractivity contribution in [3.63, 3.8) is 0 Å². The second kappa shape index (κ2) is 10.1. The molecular weight excluding hydrogens is 320 g/mol. The van der Waals surface area contributed by atoms with Crippen molar-refractivity contribution in [2.24, 2.45) is 5.92 Å². The summed E-state index contributed by atoms with van der Waals surface area (Å²) in [6.07, 6.45) is 1.87. The summed E-state index contributed by atoms with van der Waals surface area (Å²) in [5.41, 5.74) is 0. The number of benzene rings is 1. The van der Waals surface area contributed by atoms with E-state index in [1.54, 1.807) is 32.2 Å². The summed E-state index contributed by atoms with van der Waals surface area (Å²) in [7, 11) is 1.57. The average molecular weight is 343 g/mol. The van der Waals surface area contributed by atoms with Crippen molar-refractivity contribution in [3.05, 3.63) is 23.2 Å². The van der Waals surface area contributed by atoms with Crippen LogP contribution in [0.15, 0.2) is 18.2 Å². The Bertz CT molecular complexity index is 530. The Labute approximate surface area is 141 Å². The van der Waals surface area contributed by atoms with Crippen LogP contribution in [0, 0.1) is 5.92 Å². The fourth-order valence-electron chi connectivity index (χ4n) is 2.09. The van der Waals surface area contributed by atoms with Crippen LogP contribution in [0.3, 0.4) is 0 Å². The number of ketones is 1. The molecule has 0 N–H and O–H groups in total. The minimum atomic E-state index is -0.681. The van der Waals surface area contributed by atoms with Gasteiger partial charge in [-0.15, -0.1) is 0 Å². The number of rotatable bonds is 10.